The van der Waals surface area contributed by atoms with Gasteiger partial charge in [0.05, 0.1) is 30.7 Å². The van der Waals surface area contributed by atoms with Crippen LogP contribution < -0.4 is 20.3 Å². The first-order chi connectivity index (χ1) is 17.8. The molecule has 0 unspecified atom stereocenters. The van der Waals surface area contributed by atoms with Gasteiger partial charge in [0.2, 0.25) is 11.9 Å². The fourth-order valence-electron chi connectivity index (χ4n) is 3.64. The van der Waals surface area contributed by atoms with Crippen LogP contribution in [0.1, 0.15) is 5.56 Å². The van der Waals surface area contributed by atoms with E-state index in [-0.39, 0.29) is 28.5 Å². The van der Waals surface area contributed by atoms with Crippen LogP contribution in [0.4, 0.5) is 36.2 Å². The fourth-order valence-corrected chi connectivity index (χ4v) is 3.64. The molecule has 1 fully saturated rings. The van der Waals surface area contributed by atoms with Crippen molar-refractivity contribution in [3.63, 3.8) is 0 Å². The summed E-state index contributed by atoms with van der Waals surface area (Å²) >= 11 is 0. The molecule has 0 aliphatic carbocycles. The summed E-state index contributed by atoms with van der Waals surface area (Å²) in [6.07, 6.45) is -3.08. The molecular weight excluding hydrogens is 489 g/mol. The number of morpholine rings is 1. The molecule has 0 radical (unpaired) electrons. The number of ether oxygens (including phenoxy) is 2. The van der Waals surface area contributed by atoms with E-state index in [1.165, 1.54) is 18.2 Å². The average molecular weight is 510 g/mol. The molecule has 1 aliphatic rings. The molecule has 37 heavy (non-hydrogen) atoms. The number of halogens is 3. The molecule has 0 saturated carbocycles. The molecule has 190 valence electrons. The number of aromatic nitrogens is 2. The van der Waals surface area contributed by atoms with E-state index in [0.717, 1.165) is 31.0 Å². The molecule has 2 aromatic carbocycles. The van der Waals surface area contributed by atoms with Crippen LogP contribution in [0.2, 0.25) is 0 Å². The van der Waals surface area contributed by atoms with Crippen LogP contribution in [-0.2, 0) is 9.53 Å². The number of anilines is 4. The molecule has 1 aliphatic heterocycles. The third kappa shape index (κ3) is 6.53. The van der Waals surface area contributed by atoms with E-state index in [2.05, 4.69) is 36.8 Å². The molecule has 1 saturated heterocycles. The summed E-state index contributed by atoms with van der Waals surface area (Å²) in [6.45, 7) is 6.05. The van der Waals surface area contributed by atoms with Gasteiger partial charge in [0.25, 0.3) is 0 Å². The minimum absolute atomic E-state index is 0.0182. The Morgan fingerprint density at radius 1 is 1.22 bits per heavy atom. The van der Waals surface area contributed by atoms with Crippen LogP contribution in [0, 0.1) is 11.3 Å². The lowest BCUT2D eigenvalue weighted by Gasteiger charge is -2.29. The Balaban J connectivity index is 1.70. The number of nitrogens with zero attached hydrogens (tertiary/aromatic N) is 4. The lowest BCUT2D eigenvalue weighted by molar-refractivity contribution is -0.274. The highest BCUT2D eigenvalue weighted by Crippen LogP contribution is 2.35. The van der Waals surface area contributed by atoms with Gasteiger partial charge in [0, 0.05) is 30.0 Å². The first kappa shape index (κ1) is 25.5. The summed E-state index contributed by atoms with van der Waals surface area (Å²) in [5.41, 5.74) is 1.71. The lowest BCUT2D eigenvalue weighted by Crippen LogP contribution is -2.36. The van der Waals surface area contributed by atoms with Crippen molar-refractivity contribution in [3.8, 4) is 23.1 Å². The molecule has 4 rings (SSSR count). The number of amides is 1. The first-order valence-electron chi connectivity index (χ1n) is 11.1. The molecule has 12 heteroatoms. The summed E-state index contributed by atoms with van der Waals surface area (Å²) in [4.78, 5) is 22.2. The highest BCUT2D eigenvalue weighted by molar-refractivity contribution is 6.00. The molecule has 0 bridgehead atoms. The highest BCUT2D eigenvalue weighted by atomic mass is 19.4. The van der Waals surface area contributed by atoms with Crippen molar-refractivity contribution >= 4 is 28.9 Å². The van der Waals surface area contributed by atoms with Crippen molar-refractivity contribution in [1.82, 2.24) is 9.97 Å². The standard InChI is InChI=1S/C25H21F3N6O3/c1-2-22(35)32-20-12-16(6-7-17(20)14-29)23-21(37-25(26,27)28)15-30-24(33-23)31-18-4-3-5-19(13-18)34-8-10-36-11-9-34/h2-7,12-13,15H,1,8-11H2,(H,32,35)(H,30,31,33). The van der Waals surface area contributed by atoms with Crippen LogP contribution in [0.5, 0.6) is 5.75 Å². The van der Waals surface area contributed by atoms with Gasteiger partial charge in [0.1, 0.15) is 11.8 Å². The van der Waals surface area contributed by atoms with E-state index in [0.29, 0.717) is 18.9 Å². The highest BCUT2D eigenvalue weighted by Gasteiger charge is 2.33. The molecular formula is C25H21F3N6O3. The SMILES string of the molecule is C=CC(=O)Nc1cc(-c2nc(Nc3cccc(N4CCOCC4)c3)ncc2OC(F)(F)F)ccc1C#N. The first-order valence-corrected chi connectivity index (χ1v) is 11.1. The van der Waals surface area contributed by atoms with Gasteiger partial charge < -0.3 is 25.0 Å². The molecule has 2 N–H and O–H groups in total. The number of rotatable bonds is 7. The summed E-state index contributed by atoms with van der Waals surface area (Å²) in [5.74, 6) is -1.22. The van der Waals surface area contributed by atoms with Gasteiger partial charge in [0.15, 0.2) is 5.75 Å². The van der Waals surface area contributed by atoms with E-state index in [1.807, 2.05) is 24.3 Å². The second-order valence-corrected chi connectivity index (χ2v) is 7.79. The van der Waals surface area contributed by atoms with E-state index in [1.54, 1.807) is 6.07 Å². The van der Waals surface area contributed by atoms with Gasteiger partial charge in [-0.05, 0) is 36.4 Å². The number of alkyl halides is 3. The van der Waals surface area contributed by atoms with Crippen molar-refractivity contribution in [2.45, 2.75) is 6.36 Å². The molecule has 0 atom stereocenters. The minimum Gasteiger partial charge on any atom is -0.402 e. The Bertz CT molecular complexity index is 1350. The van der Waals surface area contributed by atoms with Crippen molar-refractivity contribution < 1.29 is 27.4 Å². The van der Waals surface area contributed by atoms with Crippen LogP contribution in [0.15, 0.2) is 61.3 Å². The quantitative estimate of drug-likeness (QED) is 0.443. The monoisotopic (exact) mass is 510 g/mol. The summed E-state index contributed by atoms with van der Waals surface area (Å²) in [7, 11) is 0. The smallest absolute Gasteiger partial charge is 0.402 e. The predicted octanol–water partition coefficient (Wildman–Crippen LogP) is 4.62. The zero-order valence-electron chi connectivity index (χ0n) is 19.4. The van der Waals surface area contributed by atoms with Crippen molar-refractivity contribution in [2.75, 3.05) is 41.8 Å². The van der Waals surface area contributed by atoms with Gasteiger partial charge in [-0.2, -0.15) is 5.26 Å². The van der Waals surface area contributed by atoms with E-state index >= 15 is 0 Å². The normalized spacial score (nSPS) is 13.4. The van der Waals surface area contributed by atoms with Crippen LogP contribution in [-0.4, -0.2) is 48.5 Å². The summed E-state index contributed by atoms with van der Waals surface area (Å²) < 4.78 is 48.8. The summed E-state index contributed by atoms with van der Waals surface area (Å²) in [5, 5.41) is 14.8. The maximum Gasteiger partial charge on any atom is 0.573 e. The Morgan fingerprint density at radius 3 is 2.70 bits per heavy atom. The Morgan fingerprint density at radius 2 is 2.00 bits per heavy atom. The van der Waals surface area contributed by atoms with E-state index < -0.39 is 18.0 Å². The van der Waals surface area contributed by atoms with E-state index in [4.69, 9.17) is 4.74 Å². The minimum atomic E-state index is -4.99. The van der Waals surface area contributed by atoms with Crippen molar-refractivity contribution in [1.29, 1.82) is 5.26 Å². The lowest BCUT2D eigenvalue weighted by atomic mass is 10.1. The second-order valence-electron chi connectivity index (χ2n) is 7.79. The topological polar surface area (TPSA) is 112 Å². The molecule has 0 spiro atoms. The third-order valence-corrected chi connectivity index (χ3v) is 5.32. The van der Waals surface area contributed by atoms with Gasteiger partial charge >= 0.3 is 6.36 Å². The van der Waals surface area contributed by atoms with Gasteiger partial charge in [-0.15, -0.1) is 13.2 Å². The summed E-state index contributed by atoms with van der Waals surface area (Å²) in [6, 6.07) is 13.4. The van der Waals surface area contributed by atoms with Crippen molar-refractivity contribution in [3.05, 3.63) is 66.9 Å². The molecule has 1 aromatic heterocycles. The molecule has 2 heterocycles. The zero-order valence-corrected chi connectivity index (χ0v) is 19.4. The average Bonchev–Trinajstić information content (AvgIpc) is 2.89. The second kappa shape index (κ2) is 11.0. The number of carbonyl (C=O) groups is 1. The number of nitrogens with one attached hydrogen (secondary N) is 2. The number of nitriles is 1. The largest absolute Gasteiger partial charge is 0.573 e. The molecule has 9 nitrogen and oxygen atoms in total. The van der Waals surface area contributed by atoms with Crippen LogP contribution >= 0.6 is 0 Å². The number of hydrogen-bond acceptors (Lipinski definition) is 8. The van der Waals surface area contributed by atoms with Gasteiger partial charge in [-0.25, -0.2) is 9.97 Å². The van der Waals surface area contributed by atoms with Crippen LogP contribution in [0.3, 0.4) is 0 Å². The zero-order chi connectivity index (χ0) is 26.4. The Hall–Kier alpha value is -4.63. The maximum absolute atomic E-state index is 13.1. The Labute approximate surface area is 210 Å². The molecule has 3 aromatic rings. The van der Waals surface area contributed by atoms with Crippen molar-refractivity contribution in [2.24, 2.45) is 0 Å². The maximum atomic E-state index is 13.1. The van der Waals surface area contributed by atoms with Crippen LogP contribution in [0.25, 0.3) is 11.3 Å². The number of hydrogen-bond donors (Lipinski definition) is 2. The number of carbonyl (C=O) groups excluding carboxylic acids is 1. The Kier molecular flexibility index (Phi) is 7.55. The number of benzene rings is 2. The van der Waals surface area contributed by atoms with Gasteiger partial charge in [-0.3, -0.25) is 4.79 Å². The predicted molar refractivity (Wildman–Crippen MR) is 130 cm³/mol. The fraction of sp³-hybridized carbons (Fsp3) is 0.200. The molecule has 1 amide bonds. The third-order valence-electron chi connectivity index (χ3n) is 5.32. The van der Waals surface area contributed by atoms with Gasteiger partial charge in [-0.1, -0.05) is 18.7 Å². The van der Waals surface area contributed by atoms with E-state index in [9.17, 15) is 23.2 Å².